The van der Waals surface area contributed by atoms with E-state index < -0.39 is 9.84 Å². The third kappa shape index (κ3) is 4.06. The maximum atomic E-state index is 11.7. The average molecular weight is 260 g/mol. The highest BCUT2D eigenvalue weighted by Crippen LogP contribution is 2.12. The zero-order valence-corrected chi connectivity index (χ0v) is 11.1. The summed E-state index contributed by atoms with van der Waals surface area (Å²) in [7, 11) is -3.26. The van der Waals surface area contributed by atoms with Gasteiger partial charge < -0.3 is 0 Å². The molecule has 1 aromatic rings. The molecule has 90 valence electrons. The van der Waals surface area contributed by atoms with Gasteiger partial charge in [0.2, 0.25) is 0 Å². The Morgan fingerprint density at radius 1 is 1.50 bits per heavy atom. The molecule has 1 atom stereocenters. The van der Waals surface area contributed by atoms with Crippen molar-refractivity contribution in [3.05, 3.63) is 22.4 Å². The smallest absolute Gasteiger partial charge is 0.187 e. The van der Waals surface area contributed by atoms with E-state index in [2.05, 4.69) is 0 Å². The summed E-state index contributed by atoms with van der Waals surface area (Å²) in [6.07, 6.45) is 0.812. The first-order valence-corrected chi connectivity index (χ1v) is 7.92. The predicted molar refractivity (Wildman–Crippen MR) is 66.8 cm³/mol. The van der Waals surface area contributed by atoms with Gasteiger partial charge >= 0.3 is 0 Å². The predicted octanol–water partition coefficient (Wildman–Crippen LogP) is 2.39. The number of carbonyl (C=O) groups excluding carboxylic acids is 1. The first kappa shape index (κ1) is 13.4. The van der Waals surface area contributed by atoms with Gasteiger partial charge in [-0.1, -0.05) is 26.3 Å². The lowest BCUT2D eigenvalue weighted by Crippen LogP contribution is -2.21. The molecule has 0 saturated heterocycles. The highest BCUT2D eigenvalue weighted by molar-refractivity contribution is 7.92. The number of rotatable bonds is 6. The van der Waals surface area contributed by atoms with Crippen molar-refractivity contribution in [2.45, 2.75) is 20.3 Å². The summed E-state index contributed by atoms with van der Waals surface area (Å²) in [6, 6.07) is 3.41. The fourth-order valence-electron chi connectivity index (χ4n) is 1.32. The van der Waals surface area contributed by atoms with Gasteiger partial charge in [0.25, 0.3) is 0 Å². The third-order valence-corrected chi connectivity index (χ3v) is 5.07. The molecule has 0 spiro atoms. The number of ketones is 1. The van der Waals surface area contributed by atoms with Crippen LogP contribution in [0.3, 0.4) is 0 Å². The summed E-state index contributed by atoms with van der Waals surface area (Å²) in [5.74, 6) is -0.446. The molecule has 1 aromatic heterocycles. The van der Waals surface area contributed by atoms with Crippen LogP contribution >= 0.6 is 11.3 Å². The van der Waals surface area contributed by atoms with Gasteiger partial charge in [0.05, 0.1) is 10.6 Å². The fraction of sp³-hybridized carbons (Fsp3) is 0.545. The number of carbonyl (C=O) groups is 1. The molecule has 1 heterocycles. The summed E-state index contributed by atoms with van der Waals surface area (Å²) < 4.78 is 23.4. The van der Waals surface area contributed by atoms with Gasteiger partial charge in [0.15, 0.2) is 15.6 Å². The second-order valence-electron chi connectivity index (χ2n) is 3.97. The summed E-state index contributed by atoms with van der Waals surface area (Å²) in [6.45, 7) is 3.83. The maximum Gasteiger partial charge on any atom is 0.187 e. The van der Waals surface area contributed by atoms with Crippen LogP contribution in [0.15, 0.2) is 17.5 Å². The first-order valence-electron chi connectivity index (χ1n) is 5.21. The van der Waals surface area contributed by atoms with Crippen LogP contribution in [0.2, 0.25) is 0 Å². The summed E-state index contributed by atoms with van der Waals surface area (Å²) in [5.41, 5.74) is 0. The summed E-state index contributed by atoms with van der Waals surface area (Å²) in [4.78, 5) is 12.1. The average Bonchev–Trinajstić information content (AvgIpc) is 2.68. The van der Waals surface area contributed by atoms with Crippen LogP contribution < -0.4 is 0 Å². The molecule has 0 aliphatic carbocycles. The van der Waals surface area contributed by atoms with Crippen molar-refractivity contribution in [2.24, 2.45) is 5.92 Å². The molecule has 0 bridgehead atoms. The molecule has 0 aliphatic rings. The molecule has 0 aliphatic heterocycles. The summed E-state index contributed by atoms with van der Waals surface area (Å²) >= 11 is 1.28. The molecule has 5 heteroatoms. The second kappa shape index (κ2) is 5.59. The van der Waals surface area contributed by atoms with Gasteiger partial charge in [0, 0.05) is 0 Å². The summed E-state index contributed by atoms with van der Waals surface area (Å²) in [5, 5.41) is 1.77. The van der Waals surface area contributed by atoms with E-state index in [1.54, 1.807) is 17.5 Å². The molecule has 0 N–H and O–H groups in total. The van der Waals surface area contributed by atoms with E-state index in [1.807, 2.05) is 13.8 Å². The van der Waals surface area contributed by atoms with E-state index >= 15 is 0 Å². The van der Waals surface area contributed by atoms with Gasteiger partial charge in [-0.05, 0) is 17.4 Å². The van der Waals surface area contributed by atoms with Crippen molar-refractivity contribution in [1.29, 1.82) is 0 Å². The van der Waals surface area contributed by atoms with Crippen LogP contribution in [0.1, 0.15) is 29.9 Å². The van der Waals surface area contributed by atoms with Gasteiger partial charge in [-0.2, -0.15) is 0 Å². The highest BCUT2D eigenvalue weighted by atomic mass is 32.2. The van der Waals surface area contributed by atoms with Crippen molar-refractivity contribution in [1.82, 2.24) is 0 Å². The van der Waals surface area contributed by atoms with Gasteiger partial charge in [-0.3, -0.25) is 4.79 Å². The van der Waals surface area contributed by atoms with Gasteiger partial charge in [-0.25, -0.2) is 8.42 Å². The standard InChI is InChI=1S/C11H16O3S2/c1-3-9(2)7-16(13,14)8-10(12)11-5-4-6-15-11/h4-6,9H,3,7-8H2,1-2H3. The largest absolute Gasteiger partial charge is 0.292 e. The minimum atomic E-state index is -3.26. The Labute approximate surface area is 100 Å². The lowest BCUT2D eigenvalue weighted by Gasteiger charge is -2.08. The molecular formula is C11H16O3S2. The van der Waals surface area contributed by atoms with Crippen molar-refractivity contribution in [3.8, 4) is 0 Å². The fourth-order valence-corrected chi connectivity index (χ4v) is 3.85. The molecule has 0 aromatic carbocycles. The Hall–Kier alpha value is -0.680. The number of hydrogen-bond donors (Lipinski definition) is 0. The van der Waals surface area contributed by atoms with E-state index in [9.17, 15) is 13.2 Å². The second-order valence-corrected chi connectivity index (χ2v) is 7.03. The molecule has 0 amide bonds. The van der Waals surface area contributed by atoms with Gasteiger partial charge in [-0.15, -0.1) is 11.3 Å². The van der Waals surface area contributed by atoms with Crippen LogP contribution in [0.5, 0.6) is 0 Å². The monoisotopic (exact) mass is 260 g/mol. The zero-order chi connectivity index (χ0) is 12.2. The first-order chi connectivity index (χ1) is 7.44. The van der Waals surface area contributed by atoms with E-state index in [0.717, 1.165) is 6.42 Å². The molecule has 16 heavy (non-hydrogen) atoms. The van der Waals surface area contributed by atoms with Gasteiger partial charge in [0.1, 0.15) is 5.75 Å². The molecule has 0 saturated carbocycles. The van der Waals surface area contributed by atoms with Crippen molar-refractivity contribution >= 4 is 27.0 Å². The molecule has 3 nitrogen and oxygen atoms in total. The van der Waals surface area contributed by atoms with E-state index in [1.165, 1.54) is 11.3 Å². The van der Waals surface area contributed by atoms with Crippen LogP contribution in [-0.4, -0.2) is 25.7 Å². The van der Waals surface area contributed by atoms with E-state index in [4.69, 9.17) is 0 Å². The Kier molecular flexibility index (Phi) is 4.68. The Morgan fingerprint density at radius 2 is 2.19 bits per heavy atom. The number of hydrogen-bond acceptors (Lipinski definition) is 4. The van der Waals surface area contributed by atoms with Crippen molar-refractivity contribution in [3.63, 3.8) is 0 Å². The quantitative estimate of drug-likeness (QED) is 0.738. The number of sulfone groups is 1. The normalized spacial score (nSPS) is 13.6. The van der Waals surface area contributed by atoms with Crippen molar-refractivity contribution < 1.29 is 13.2 Å². The number of Topliss-reactive ketones (excluding diaryl/α,β-unsaturated/α-hetero) is 1. The lowest BCUT2D eigenvalue weighted by atomic mass is 10.2. The minimum absolute atomic E-state index is 0.0978. The van der Waals surface area contributed by atoms with Crippen LogP contribution in [0.25, 0.3) is 0 Å². The van der Waals surface area contributed by atoms with Crippen LogP contribution in [0, 0.1) is 5.92 Å². The molecule has 1 unspecified atom stereocenters. The lowest BCUT2D eigenvalue weighted by molar-refractivity contribution is 0.102. The van der Waals surface area contributed by atoms with Crippen molar-refractivity contribution in [2.75, 3.05) is 11.5 Å². The minimum Gasteiger partial charge on any atom is -0.292 e. The van der Waals surface area contributed by atoms with E-state index in [0.29, 0.717) is 4.88 Å². The molecule has 0 radical (unpaired) electrons. The number of thiophene rings is 1. The Balaban J connectivity index is 2.63. The van der Waals surface area contributed by atoms with Crippen LogP contribution in [-0.2, 0) is 9.84 Å². The third-order valence-electron chi connectivity index (χ3n) is 2.38. The Bertz CT molecular complexity index is 432. The molecular weight excluding hydrogens is 244 g/mol. The molecule has 1 rings (SSSR count). The SMILES string of the molecule is CCC(C)CS(=O)(=O)CC(=O)c1cccs1. The van der Waals surface area contributed by atoms with E-state index in [-0.39, 0.29) is 23.2 Å². The maximum absolute atomic E-state index is 11.7. The Morgan fingerprint density at radius 3 is 2.69 bits per heavy atom. The topological polar surface area (TPSA) is 51.2 Å². The zero-order valence-electron chi connectivity index (χ0n) is 9.47. The van der Waals surface area contributed by atoms with Crippen LogP contribution in [0.4, 0.5) is 0 Å². The highest BCUT2D eigenvalue weighted by Gasteiger charge is 2.20. The molecule has 0 fully saturated rings.